The molecule has 1 aromatic heterocycles. The summed E-state index contributed by atoms with van der Waals surface area (Å²) in [4.78, 5) is 36.0. The van der Waals surface area contributed by atoms with Crippen molar-refractivity contribution in [3.63, 3.8) is 0 Å². The first-order chi connectivity index (χ1) is 15.7. The van der Waals surface area contributed by atoms with Gasteiger partial charge in [0.1, 0.15) is 23.3 Å². The fourth-order valence-electron chi connectivity index (χ4n) is 4.42. The summed E-state index contributed by atoms with van der Waals surface area (Å²) in [5.74, 6) is -0.752. The molecule has 1 aromatic carbocycles. The molecule has 0 bridgehead atoms. The van der Waals surface area contributed by atoms with Crippen LogP contribution in [-0.4, -0.2) is 59.9 Å². The number of rotatable bonds is 6. The Labute approximate surface area is 194 Å². The number of benzene rings is 1. The molecule has 2 aliphatic rings. The van der Waals surface area contributed by atoms with E-state index in [2.05, 4.69) is 10.3 Å². The number of nitrogens with zero attached hydrogens (tertiary/aromatic N) is 3. The number of esters is 1. The second-order valence-corrected chi connectivity index (χ2v) is 9.13. The van der Waals surface area contributed by atoms with E-state index in [1.165, 1.54) is 37.5 Å². The molecule has 0 amide bonds. The van der Waals surface area contributed by atoms with E-state index in [1.54, 1.807) is 35.5 Å². The Bertz CT molecular complexity index is 1120. The van der Waals surface area contributed by atoms with Gasteiger partial charge in [-0.25, -0.2) is 23.6 Å². The third-order valence-corrected chi connectivity index (χ3v) is 6.79. The predicted octanol–water partition coefficient (Wildman–Crippen LogP) is 2.98. The number of carbonyl (C=O) groups excluding carboxylic acids is 2. The number of amidine groups is 1. The maximum atomic E-state index is 14.2. The van der Waals surface area contributed by atoms with Crippen molar-refractivity contribution in [1.29, 1.82) is 0 Å². The van der Waals surface area contributed by atoms with Gasteiger partial charge in [-0.2, -0.15) is 0 Å². The molecule has 0 radical (unpaired) electrons. The zero-order valence-corrected chi connectivity index (χ0v) is 19.3. The van der Waals surface area contributed by atoms with E-state index >= 15 is 0 Å². The molecule has 0 saturated carbocycles. The Morgan fingerprint density at radius 3 is 2.67 bits per heavy atom. The van der Waals surface area contributed by atoms with Crippen molar-refractivity contribution in [2.24, 2.45) is 4.99 Å². The van der Waals surface area contributed by atoms with Crippen LogP contribution in [0, 0.1) is 5.82 Å². The standard InChI is InChI=1S/C23H24F2N4O3S/c1-13(30)18-10-16(25)11-29(18)12-17-19(22(31)32-3)23(2,14-4-6-15(24)7-5-14)28-20(27-17)21-26-8-9-33-21/h4-9,16,18H,10-12H2,1-3H3,(H,27,28)/t16-,18-,23-/m0/s1. The number of Topliss-reactive ketones (excluding diaryl/α,β-unsaturated/α-hetero) is 1. The number of nitrogens with one attached hydrogen (secondary N) is 1. The summed E-state index contributed by atoms with van der Waals surface area (Å²) in [5.41, 5.74) is -0.0100. The van der Waals surface area contributed by atoms with Gasteiger partial charge in [0.05, 0.1) is 18.7 Å². The first kappa shape index (κ1) is 23.2. The normalized spacial score (nSPS) is 25.5. The summed E-state index contributed by atoms with van der Waals surface area (Å²) in [6.45, 7) is 3.35. The van der Waals surface area contributed by atoms with Crippen LogP contribution in [-0.2, 0) is 19.9 Å². The number of alkyl halides is 1. The predicted molar refractivity (Wildman–Crippen MR) is 120 cm³/mol. The minimum atomic E-state index is -1.23. The van der Waals surface area contributed by atoms with E-state index in [4.69, 9.17) is 9.73 Å². The highest BCUT2D eigenvalue weighted by Gasteiger charge is 2.44. The largest absolute Gasteiger partial charge is 0.466 e. The molecule has 7 nitrogen and oxygen atoms in total. The molecule has 2 aromatic rings. The van der Waals surface area contributed by atoms with Gasteiger partial charge in [0.25, 0.3) is 0 Å². The van der Waals surface area contributed by atoms with Crippen molar-refractivity contribution in [2.75, 3.05) is 20.2 Å². The van der Waals surface area contributed by atoms with Gasteiger partial charge in [-0.05, 0) is 31.5 Å². The smallest absolute Gasteiger partial charge is 0.338 e. The number of ether oxygens (including phenoxy) is 1. The van der Waals surface area contributed by atoms with E-state index in [0.717, 1.165) is 0 Å². The number of ketones is 1. The molecule has 4 rings (SSSR count). The van der Waals surface area contributed by atoms with Crippen LogP contribution in [0.25, 0.3) is 0 Å². The van der Waals surface area contributed by atoms with E-state index in [0.29, 0.717) is 22.1 Å². The number of carbonyl (C=O) groups is 2. The van der Waals surface area contributed by atoms with E-state index < -0.39 is 29.5 Å². The average molecular weight is 475 g/mol. The summed E-state index contributed by atoms with van der Waals surface area (Å²) >= 11 is 1.36. The quantitative estimate of drug-likeness (QED) is 0.648. The number of aliphatic imine (C=N–C) groups is 1. The van der Waals surface area contributed by atoms with Crippen LogP contribution in [0.1, 0.15) is 30.8 Å². The molecule has 1 fully saturated rings. The number of hydrogen-bond donors (Lipinski definition) is 1. The van der Waals surface area contributed by atoms with Gasteiger partial charge in [-0.1, -0.05) is 12.1 Å². The monoisotopic (exact) mass is 474 g/mol. The third-order valence-electron chi connectivity index (χ3n) is 6.01. The zero-order chi connectivity index (χ0) is 23.8. The number of methoxy groups -OCH3 is 1. The Balaban J connectivity index is 1.86. The van der Waals surface area contributed by atoms with Crippen molar-refractivity contribution in [3.8, 4) is 0 Å². The second kappa shape index (κ2) is 9.11. The van der Waals surface area contributed by atoms with Gasteiger partial charge in [-0.15, -0.1) is 11.3 Å². The molecule has 0 unspecified atom stereocenters. The van der Waals surface area contributed by atoms with Crippen molar-refractivity contribution in [2.45, 2.75) is 38.0 Å². The minimum Gasteiger partial charge on any atom is -0.466 e. The van der Waals surface area contributed by atoms with E-state index in [1.807, 2.05) is 0 Å². The van der Waals surface area contributed by atoms with Crippen LogP contribution in [0.4, 0.5) is 8.78 Å². The third kappa shape index (κ3) is 4.45. The van der Waals surface area contributed by atoms with Crippen LogP contribution in [0.3, 0.4) is 0 Å². The Kier molecular flexibility index (Phi) is 6.40. The van der Waals surface area contributed by atoms with Gasteiger partial charge in [0.2, 0.25) is 0 Å². The SMILES string of the molecule is COC(=O)C1=C(CN2C[C@@H](F)C[C@H]2C(C)=O)NC(c2nccs2)=N[C@@]1(C)c1ccc(F)cc1. The Hall–Kier alpha value is -2.98. The molecule has 3 atom stereocenters. The summed E-state index contributed by atoms with van der Waals surface area (Å²) in [6.07, 6.45) is 0.609. The number of hydrogen-bond acceptors (Lipinski definition) is 8. The van der Waals surface area contributed by atoms with Crippen LogP contribution in [0.5, 0.6) is 0 Å². The highest BCUT2D eigenvalue weighted by Crippen LogP contribution is 2.39. The second-order valence-electron chi connectivity index (χ2n) is 8.24. The van der Waals surface area contributed by atoms with Crippen LogP contribution in [0.2, 0.25) is 0 Å². The zero-order valence-electron chi connectivity index (χ0n) is 18.5. The van der Waals surface area contributed by atoms with Crippen molar-refractivity contribution in [1.82, 2.24) is 15.2 Å². The van der Waals surface area contributed by atoms with Crippen LogP contribution < -0.4 is 5.32 Å². The van der Waals surface area contributed by atoms with Gasteiger partial charge >= 0.3 is 5.97 Å². The maximum absolute atomic E-state index is 14.2. The Morgan fingerprint density at radius 2 is 2.06 bits per heavy atom. The molecule has 0 spiro atoms. The molecule has 174 valence electrons. The average Bonchev–Trinajstić information content (AvgIpc) is 3.43. The molecule has 1 N–H and O–H groups in total. The first-order valence-corrected chi connectivity index (χ1v) is 11.3. The molecule has 0 aliphatic carbocycles. The molecule has 10 heteroatoms. The fraction of sp³-hybridized carbons (Fsp3) is 0.391. The summed E-state index contributed by atoms with van der Waals surface area (Å²) in [6, 6.07) is 5.14. The van der Waals surface area contributed by atoms with Crippen molar-refractivity contribution >= 4 is 28.9 Å². The Morgan fingerprint density at radius 1 is 1.33 bits per heavy atom. The van der Waals surface area contributed by atoms with Gasteiger partial charge in [-0.3, -0.25) is 9.69 Å². The lowest BCUT2D eigenvalue weighted by atomic mass is 9.82. The van der Waals surface area contributed by atoms with E-state index in [-0.39, 0.29) is 30.9 Å². The number of likely N-dealkylation sites (tertiary alicyclic amines) is 1. The van der Waals surface area contributed by atoms with Gasteiger partial charge in [0, 0.05) is 36.8 Å². The van der Waals surface area contributed by atoms with Gasteiger partial charge in [0.15, 0.2) is 10.8 Å². The maximum Gasteiger partial charge on any atom is 0.338 e. The van der Waals surface area contributed by atoms with Crippen molar-refractivity contribution < 1.29 is 23.1 Å². The fourth-order valence-corrected chi connectivity index (χ4v) is 5.00. The minimum absolute atomic E-state index is 0.0703. The summed E-state index contributed by atoms with van der Waals surface area (Å²) in [7, 11) is 1.27. The lowest BCUT2D eigenvalue weighted by molar-refractivity contribution is -0.137. The molecule has 3 heterocycles. The molecular formula is C23H24F2N4O3S. The van der Waals surface area contributed by atoms with Crippen molar-refractivity contribution in [3.05, 3.63) is 63.5 Å². The lowest BCUT2D eigenvalue weighted by Crippen LogP contribution is -2.46. The number of halogens is 2. The highest BCUT2D eigenvalue weighted by molar-refractivity contribution is 7.11. The number of aromatic nitrogens is 1. The molecule has 33 heavy (non-hydrogen) atoms. The molecule has 2 aliphatic heterocycles. The molecule has 1 saturated heterocycles. The first-order valence-electron chi connectivity index (χ1n) is 10.5. The lowest BCUT2D eigenvalue weighted by Gasteiger charge is -2.36. The summed E-state index contributed by atoms with van der Waals surface area (Å²) < 4.78 is 33.0. The number of thiazole rings is 1. The van der Waals surface area contributed by atoms with E-state index in [9.17, 15) is 18.4 Å². The topological polar surface area (TPSA) is 83.9 Å². The van der Waals surface area contributed by atoms with Crippen LogP contribution >= 0.6 is 11.3 Å². The van der Waals surface area contributed by atoms with Gasteiger partial charge < -0.3 is 10.1 Å². The highest BCUT2D eigenvalue weighted by atomic mass is 32.1. The molecular weight excluding hydrogens is 450 g/mol. The summed E-state index contributed by atoms with van der Waals surface area (Å²) in [5, 5.41) is 5.58. The van der Waals surface area contributed by atoms with Crippen LogP contribution in [0.15, 0.2) is 52.1 Å².